The molecule has 0 radical (unpaired) electrons. The van der Waals surface area contributed by atoms with Crippen molar-refractivity contribution in [1.29, 1.82) is 0 Å². The van der Waals surface area contributed by atoms with Gasteiger partial charge in [-0.2, -0.15) is 0 Å². The lowest BCUT2D eigenvalue weighted by molar-refractivity contribution is 0.922. The minimum Gasteiger partial charge on any atom is -0.398 e. The molecule has 0 spiro atoms. The lowest BCUT2D eigenvalue weighted by atomic mass is 10.2. The summed E-state index contributed by atoms with van der Waals surface area (Å²) in [5, 5.41) is 0. The maximum atomic E-state index is 11.4. The maximum Gasteiger partial charge on any atom is 0.182 e. The summed E-state index contributed by atoms with van der Waals surface area (Å²) in [6, 6.07) is 8.97. The van der Waals surface area contributed by atoms with E-state index in [0.29, 0.717) is 5.69 Å². The first kappa shape index (κ1) is 11.9. The topological polar surface area (TPSA) is 48.0 Å². The molecule has 1 aromatic carbocycles. The lowest BCUT2D eigenvalue weighted by Gasteiger charge is -2.15. The Morgan fingerprint density at radius 3 is 2.24 bits per heavy atom. The molecule has 1 heterocycles. The fraction of sp³-hybridized carbons (Fsp3) is 0.154. The molecule has 4 heteroatoms. The molecule has 0 aliphatic rings. The maximum absolute atomic E-state index is 11.4. The Morgan fingerprint density at radius 1 is 1.12 bits per heavy atom. The standard InChI is InChI=1S/C13H13BrN2O/c1-8-5-11(17)6-9(2)16(8)10-3-4-13(15)12(14)7-10/h3-7H,15H2,1-2H3. The number of aromatic nitrogens is 1. The Morgan fingerprint density at radius 2 is 1.71 bits per heavy atom. The van der Waals surface area contributed by atoms with Gasteiger partial charge in [-0.1, -0.05) is 0 Å². The number of aryl methyl sites for hydroxylation is 2. The number of benzene rings is 1. The second-order valence-corrected chi connectivity index (χ2v) is 4.87. The molecule has 0 amide bonds. The van der Waals surface area contributed by atoms with E-state index in [2.05, 4.69) is 15.9 Å². The van der Waals surface area contributed by atoms with Crippen LogP contribution >= 0.6 is 15.9 Å². The first-order chi connectivity index (χ1) is 7.99. The summed E-state index contributed by atoms with van der Waals surface area (Å²) in [6.45, 7) is 3.83. The zero-order valence-electron chi connectivity index (χ0n) is 9.70. The van der Waals surface area contributed by atoms with Crippen molar-refractivity contribution in [1.82, 2.24) is 4.57 Å². The zero-order chi connectivity index (χ0) is 12.6. The number of rotatable bonds is 1. The van der Waals surface area contributed by atoms with E-state index in [0.717, 1.165) is 21.5 Å². The molecule has 0 aliphatic carbocycles. The van der Waals surface area contributed by atoms with Gasteiger partial charge >= 0.3 is 0 Å². The zero-order valence-corrected chi connectivity index (χ0v) is 11.3. The van der Waals surface area contributed by atoms with Crippen molar-refractivity contribution in [2.75, 3.05) is 5.73 Å². The fourth-order valence-electron chi connectivity index (χ4n) is 1.92. The van der Waals surface area contributed by atoms with Gasteiger partial charge in [-0.05, 0) is 48.0 Å². The smallest absolute Gasteiger partial charge is 0.182 e. The van der Waals surface area contributed by atoms with Crippen LogP contribution in [0.2, 0.25) is 0 Å². The molecule has 0 aliphatic heterocycles. The number of nitrogens with two attached hydrogens (primary N) is 1. The molecule has 0 saturated heterocycles. The van der Waals surface area contributed by atoms with Gasteiger partial charge in [-0.3, -0.25) is 4.79 Å². The molecule has 0 saturated carbocycles. The molecule has 0 fully saturated rings. The van der Waals surface area contributed by atoms with Crippen molar-refractivity contribution in [2.24, 2.45) is 0 Å². The second-order valence-electron chi connectivity index (χ2n) is 4.02. The predicted molar refractivity (Wildman–Crippen MR) is 73.6 cm³/mol. The van der Waals surface area contributed by atoms with Gasteiger partial charge in [0.2, 0.25) is 0 Å². The molecule has 2 aromatic rings. The molecule has 3 nitrogen and oxygen atoms in total. The summed E-state index contributed by atoms with van der Waals surface area (Å²) in [6.07, 6.45) is 0. The molecule has 17 heavy (non-hydrogen) atoms. The quantitative estimate of drug-likeness (QED) is 0.822. The first-order valence-electron chi connectivity index (χ1n) is 5.25. The number of nitrogen functional groups attached to an aromatic ring is 1. The average Bonchev–Trinajstić information content (AvgIpc) is 2.21. The Balaban J connectivity index is 2.68. The molecular formula is C13H13BrN2O. The van der Waals surface area contributed by atoms with Crippen LogP contribution in [0.1, 0.15) is 11.4 Å². The van der Waals surface area contributed by atoms with Crippen molar-refractivity contribution in [3.8, 4) is 5.69 Å². The Kier molecular flexibility index (Phi) is 3.07. The fourth-order valence-corrected chi connectivity index (χ4v) is 2.29. The summed E-state index contributed by atoms with van der Waals surface area (Å²) >= 11 is 3.41. The number of hydrogen-bond donors (Lipinski definition) is 1. The van der Waals surface area contributed by atoms with E-state index in [1.807, 2.05) is 36.6 Å². The summed E-state index contributed by atoms with van der Waals surface area (Å²) in [5.41, 5.74) is 9.30. The molecule has 2 rings (SSSR count). The second kappa shape index (κ2) is 4.37. The normalized spacial score (nSPS) is 10.5. The van der Waals surface area contributed by atoms with Gasteiger partial charge in [0.15, 0.2) is 5.43 Å². The van der Waals surface area contributed by atoms with E-state index < -0.39 is 0 Å². The van der Waals surface area contributed by atoms with Crippen LogP contribution in [0.5, 0.6) is 0 Å². The van der Waals surface area contributed by atoms with Crippen LogP contribution in [0.3, 0.4) is 0 Å². The van der Waals surface area contributed by atoms with Gasteiger partial charge < -0.3 is 10.3 Å². The van der Waals surface area contributed by atoms with Crippen molar-refractivity contribution in [2.45, 2.75) is 13.8 Å². The highest BCUT2D eigenvalue weighted by molar-refractivity contribution is 9.10. The van der Waals surface area contributed by atoms with E-state index in [-0.39, 0.29) is 5.43 Å². The predicted octanol–water partition coefficient (Wildman–Crippen LogP) is 2.80. The third-order valence-corrected chi connectivity index (χ3v) is 3.34. The number of hydrogen-bond acceptors (Lipinski definition) is 2. The highest BCUT2D eigenvalue weighted by atomic mass is 79.9. The Bertz CT molecular complexity index is 606. The van der Waals surface area contributed by atoms with Gasteiger partial charge in [0.25, 0.3) is 0 Å². The van der Waals surface area contributed by atoms with Crippen LogP contribution in [0.4, 0.5) is 5.69 Å². The minimum absolute atomic E-state index is 0.0331. The van der Waals surface area contributed by atoms with E-state index in [1.54, 1.807) is 12.1 Å². The summed E-state index contributed by atoms with van der Waals surface area (Å²) in [7, 11) is 0. The van der Waals surface area contributed by atoms with Gasteiger partial charge in [0.05, 0.1) is 0 Å². The SMILES string of the molecule is Cc1cc(=O)cc(C)n1-c1ccc(N)c(Br)c1. The summed E-state index contributed by atoms with van der Waals surface area (Å²) in [4.78, 5) is 11.4. The van der Waals surface area contributed by atoms with Crippen molar-refractivity contribution in [3.63, 3.8) is 0 Å². The molecule has 1 aromatic heterocycles. The number of nitrogens with zero attached hydrogens (tertiary/aromatic N) is 1. The van der Waals surface area contributed by atoms with Gasteiger partial charge in [0.1, 0.15) is 0 Å². The van der Waals surface area contributed by atoms with Crippen LogP contribution in [-0.2, 0) is 0 Å². The highest BCUT2D eigenvalue weighted by Gasteiger charge is 2.05. The van der Waals surface area contributed by atoms with Gasteiger partial charge in [0, 0.05) is 39.4 Å². The lowest BCUT2D eigenvalue weighted by Crippen LogP contribution is -2.11. The number of pyridine rings is 1. The van der Waals surface area contributed by atoms with Crippen molar-refractivity contribution < 1.29 is 0 Å². The third-order valence-electron chi connectivity index (χ3n) is 2.65. The molecule has 2 N–H and O–H groups in total. The molecule has 88 valence electrons. The first-order valence-corrected chi connectivity index (χ1v) is 6.04. The van der Waals surface area contributed by atoms with Gasteiger partial charge in [-0.15, -0.1) is 0 Å². The average molecular weight is 293 g/mol. The third kappa shape index (κ3) is 2.26. The van der Waals surface area contributed by atoms with E-state index in [4.69, 9.17) is 5.73 Å². The van der Waals surface area contributed by atoms with Crippen LogP contribution < -0.4 is 11.2 Å². The number of anilines is 1. The molecule has 0 bridgehead atoms. The Hall–Kier alpha value is -1.55. The van der Waals surface area contributed by atoms with Crippen LogP contribution in [0.25, 0.3) is 5.69 Å². The van der Waals surface area contributed by atoms with Crippen molar-refractivity contribution in [3.05, 3.63) is 56.4 Å². The van der Waals surface area contributed by atoms with Crippen LogP contribution in [-0.4, -0.2) is 4.57 Å². The van der Waals surface area contributed by atoms with E-state index in [1.165, 1.54) is 0 Å². The van der Waals surface area contributed by atoms with E-state index >= 15 is 0 Å². The van der Waals surface area contributed by atoms with Crippen LogP contribution in [0, 0.1) is 13.8 Å². The molecule has 0 unspecified atom stereocenters. The van der Waals surface area contributed by atoms with E-state index in [9.17, 15) is 4.79 Å². The molecule has 0 atom stereocenters. The molecular weight excluding hydrogens is 280 g/mol. The van der Waals surface area contributed by atoms with Gasteiger partial charge in [-0.25, -0.2) is 0 Å². The monoisotopic (exact) mass is 292 g/mol. The summed E-state index contributed by atoms with van der Waals surface area (Å²) in [5.74, 6) is 0. The summed E-state index contributed by atoms with van der Waals surface area (Å²) < 4.78 is 2.87. The Labute approximate surface area is 108 Å². The number of halogens is 1. The van der Waals surface area contributed by atoms with Crippen LogP contribution in [0.15, 0.2) is 39.6 Å². The highest BCUT2D eigenvalue weighted by Crippen LogP contribution is 2.23. The largest absolute Gasteiger partial charge is 0.398 e. The van der Waals surface area contributed by atoms with Crippen molar-refractivity contribution >= 4 is 21.6 Å². The minimum atomic E-state index is 0.0331.